The van der Waals surface area contributed by atoms with Gasteiger partial charge in [0.25, 0.3) is 0 Å². The van der Waals surface area contributed by atoms with Gasteiger partial charge in [0.15, 0.2) is 18.2 Å². The van der Waals surface area contributed by atoms with E-state index in [0.717, 1.165) is 55.2 Å². The SMILES string of the molecule is O=C(O)COc1ccc(S(=O)(=O)NCc2noc3c2CCCC3)cc1F. The quantitative estimate of drug-likeness (QED) is 0.745. The molecule has 1 aliphatic rings. The maximum absolute atomic E-state index is 13.9. The molecule has 26 heavy (non-hydrogen) atoms. The maximum atomic E-state index is 13.9. The third kappa shape index (κ3) is 4.02. The van der Waals surface area contributed by atoms with E-state index < -0.39 is 28.4 Å². The zero-order chi connectivity index (χ0) is 18.7. The fourth-order valence-electron chi connectivity index (χ4n) is 2.74. The van der Waals surface area contributed by atoms with Crippen molar-refractivity contribution in [1.29, 1.82) is 0 Å². The van der Waals surface area contributed by atoms with Crippen molar-refractivity contribution in [3.63, 3.8) is 0 Å². The van der Waals surface area contributed by atoms with Crippen molar-refractivity contribution in [3.8, 4) is 5.75 Å². The van der Waals surface area contributed by atoms with Crippen molar-refractivity contribution in [2.75, 3.05) is 6.61 Å². The maximum Gasteiger partial charge on any atom is 0.341 e. The summed E-state index contributed by atoms with van der Waals surface area (Å²) in [5.41, 5.74) is 1.47. The number of nitrogens with one attached hydrogen (secondary N) is 1. The van der Waals surface area contributed by atoms with Crippen LogP contribution >= 0.6 is 0 Å². The minimum atomic E-state index is -3.98. The number of fused-ring (bicyclic) bond motifs is 1. The molecule has 0 fully saturated rings. The number of carboxylic acids is 1. The second-order valence-corrected chi connectivity index (χ2v) is 7.60. The van der Waals surface area contributed by atoms with Crippen LogP contribution in [0.2, 0.25) is 0 Å². The van der Waals surface area contributed by atoms with Gasteiger partial charge in [-0.15, -0.1) is 0 Å². The van der Waals surface area contributed by atoms with E-state index in [4.69, 9.17) is 14.4 Å². The van der Waals surface area contributed by atoms with E-state index in [9.17, 15) is 17.6 Å². The third-order valence-electron chi connectivity index (χ3n) is 4.03. The van der Waals surface area contributed by atoms with Crippen LogP contribution in [0.4, 0.5) is 4.39 Å². The Hall–Kier alpha value is -2.46. The van der Waals surface area contributed by atoms with Gasteiger partial charge in [-0.25, -0.2) is 22.3 Å². The number of rotatable bonds is 7. The Morgan fingerprint density at radius 1 is 1.35 bits per heavy atom. The number of sulfonamides is 1. The predicted octanol–water partition coefficient (Wildman–Crippen LogP) is 1.63. The van der Waals surface area contributed by atoms with Crippen molar-refractivity contribution in [1.82, 2.24) is 9.88 Å². The molecule has 0 saturated carbocycles. The Morgan fingerprint density at radius 2 is 2.12 bits per heavy atom. The number of aryl methyl sites for hydroxylation is 1. The van der Waals surface area contributed by atoms with Gasteiger partial charge in [-0.3, -0.25) is 0 Å². The van der Waals surface area contributed by atoms with Crippen molar-refractivity contribution < 1.29 is 32.0 Å². The molecule has 0 radical (unpaired) electrons. The number of hydrogen-bond donors (Lipinski definition) is 2. The molecule has 2 N–H and O–H groups in total. The van der Waals surface area contributed by atoms with Crippen molar-refractivity contribution >= 4 is 16.0 Å². The van der Waals surface area contributed by atoms with E-state index in [1.807, 2.05) is 0 Å². The Morgan fingerprint density at radius 3 is 2.85 bits per heavy atom. The number of ether oxygens (including phenoxy) is 1. The average Bonchev–Trinajstić information content (AvgIpc) is 3.02. The highest BCUT2D eigenvalue weighted by molar-refractivity contribution is 7.89. The van der Waals surface area contributed by atoms with Crippen molar-refractivity contribution in [3.05, 3.63) is 41.0 Å². The Bertz CT molecular complexity index is 925. The van der Waals surface area contributed by atoms with Gasteiger partial charge in [-0.2, -0.15) is 0 Å². The van der Waals surface area contributed by atoms with Crippen LogP contribution in [0.3, 0.4) is 0 Å². The summed E-state index contributed by atoms with van der Waals surface area (Å²) in [4.78, 5) is 10.1. The van der Waals surface area contributed by atoms with Crippen LogP contribution in [0.1, 0.15) is 29.9 Å². The Kier molecular flexibility index (Phi) is 5.23. The molecule has 1 aromatic heterocycles. The molecule has 0 unspecified atom stereocenters. The number of aromatic nitrogens is 1. The first-order valence-corrected chi connectivity index (χ1v) is 9.45. The van der Waals surface area contributed by atoms with Gasteiger partial charge < -0.3 is 14.4 Å². The largest absolute Gasteiger partial charge is 0.479 e. The van der Waals surface area contributed by atoms with Crippen LogP contribution in [-0.4, -0.2) is 31.3 Å². The van der Waals surface area contributed by atoms with E-state index in [2.05, 4.69) is 9.88 Å². The molecule has 0 amide bonds. The summed E-state index contributed by atoms with van der Waals surface area (Å²) in [5, 5.41) is 12.4. The van der Waals surface area contributed by atoms with Crippen molar-refractivity contribution in [2.45, 2.75) is 37.1 Å². The molecule has 0 saturated heterocycles. The normalized spacial score (nSPS) is 14.0. The number of halogens is 1. The smallest absolute Gasteiger partial charge is 0.341 e. The van der Waals surface area contributed by atoms with Crippen LogP contribution in [-0.2, 0) is 34.2 Å². The topological polar surface area (TPSA) is 119 Å². The number of carboxylic acid groups (broad SMARTS) is 1. The van der Waals surface area contributed by atoms with Gasteiger partial charge in [0.2, 0.25) is 10.0 Å². The molecule has 1 aromatic carbocycles. The Labute approximate surface area is 149 Å². The highest BCUT2D eigenvalue weighted by Crippen LogP contribution is 2.25. The molecule has 140 valence electrons. The minimum absolute atomic E-state index is 0.0555. The molecule has 1 heterocycles. The van der Waals surface area contributed by atoms with Crippen molar-refractivity contribution in [2.24, 2.45) is 0 Å². The Balaban J connectivity index is 1.71. The van der Waals surface area contributed by atoms with E-state index in [1.165, 1.54) is 0 Å². The summed E-state index contributed by atoms with van der Waals surface area (Å²) >= 11 is 0. The lowest BCUT2D eigenvalue weighted by molar-refractivity contribution is -0.139. The lowest BCUT2D eigenvalue weighted by Gasteiger charge is -2.11. The van der Waals surface area contributed by atoms with Gasteiger partial charge in [-0.05, 0) is 37.5 Å². The standard InChI is InChI=1S/C16H17FN2O6S/c17-12-7-10(5-6-15(12)24-9-16(20)21)26(22,23)18-8-13-11-3-1-2-4-14(11)25-19-13/h5-7,18H,1-4,8-9H2,(H,20,21). The zero-order valence-corrected chi connectivity index (χ0v) is 14.5. The summed E-state index contributed by atoms with van der Waals surface area (Å²) in [7, 11) is -3.98. The van der Waals surface area contributed by atoms with E-state index >= 15 is 0 Å². The number of aliphatic carboxylic acids is 1. The second kappa shape index (κ2) is 7.42. The molecule has 8 nitrogen and oxygen atoms in total. The summed E-state index contributed by atoms with van der Waals surface area (Å²) in [5.74, 6) is -1.78. The first-order valence-electron chi connectivity index (χ1n) is 7.97. The van der Waals surface area contributed by atoms with Gasteiger partial charge in [0.1, 0.15) is 11.5 Å². The first kappa shape index (κ1) is 18.3. The molecular weight excluding hydrogens is 367 g/mol. The average molecular weight is 384 g/mol. The fourth-order valence-corrected chi connectivity index (χ4v) is 3.74. The summed E-state index contributed by atoms with van der Waals surface area (Å²) in [6, 6.07) is 2.99. The predicted molar refractivity (Wildman–Crippen MR) is 86.7 cm³/mol. The monoisotopic (exact) mass is 384 g/mol. The highest BCUT2D eigenvalue weighted by atomic mass is 32.2. The molecule has 0 aliphatic heterocycles. The van der Waals surface area contributed by atoms with E-state index in [0.29, 0.717) is 5.69 Å². The van der Waals surface area contributed by atoms with Gasteiger partial charge in [-0.1, -0.05) is 5.16 Å². The summed E-state index contributed by atoms with van der Waals surface area (Å²) < 4.78 is 51.0. The summed E-state index contributed by atoms with van der Waals surface area (Å²) in [6.45, 7) is -0.779. The van der Waals surface area contributed by atoms with Crippen LogP contribution < -0.4 is 9.46 Å². The molecule has 0 atom stereocenters. The van der Waals surface area contributed by atoms with Crippen LogP contribution in [0.25, 0.3) is 0 Å². The lowest BCUT2D eigenvalue weighted by atomic mass is 9.97. The minimum Gasteiger partial charge on any atom is -0.479 e. The molecule has 3 rings (SSSR count). The van der Waals surface area contributed by atoms with E-state index in [1.54, 1.807) is 0 Å². The number of carbonyl (C=O) groups is 1. The molecule has 0 bridgehead atoms. The van der Waals surface area contributed by atoms with Crippen LogP contribution in [0.5, 0.6) is 5.75 Å². The number of benzene rings is 1. The van der Waals surface area contributed by atoms with Gasteiger partial charge in [0, 0.05) is 12.0 Å². The molecule has 10 heteroatoms. The van der Waals surface area contributed by atoms with Gasteiger partial charge in [0.05, 0.1) is 11.4 Å². The zero-order valence-electron chi connectivity index (χ0n) is 13.7. The molecule has 2 aromatic rings. The number of nitrogens with zero attached hydrogens (tertiary/aromatic N) is 1. The molecule has 0 spiro atoms. The van der Waals surface area contributed by atoms with Gasteiger partial charge >= 0.3 is 5.97 Å². The van der Waals surface area contributed by atoms with Crippen LogP contribution in [0, 0.1) is 5.82 Å². The molecule has 1 aliphatic carbocycles. The first-order chi connectivity index (χ1) is 12.4. The van der Waals surface area contributed by atoms with E-state index in [-0.39, 0.29) is 17.2 Å². The highest BCUT2D eigenvalue weighted by Gasteiger charge is 2.22. The molecular formula is C16H17FN2O6S. The third-order valence-corrected chi connectivity index (χ3v) is 5.42. The van der Waals surface area contributed by atoms with Crippen LogP contribution in [0.15, 0.2) is 27.6 Å². The lowest BCUT2D eigenvalue weighted by Crippen LogP contribution is -2.24. The second-order valence-electron chi connectivity index (χ2n) is 5.84. The fraction of sp³-hybridized carbons (Fsp3) is 0.375. The number of hydrogen-bond acceptors (Lipinski definition) is 6. The summed E-state index contributed by atoms with van der Waals surface area (Å²) in [6.07, 6.45) is 3.60.